The first kappa shape index (κ1) is 21.6. The van der Waals surface area contributed by atoms with Crippen LogP contribution in [0.2, 0.25) is 10.0 Å². The first-order valence-electron chi connectivity index (χ1n) is 8.46. The van der Waals surface area contributed by atoms with Crippen molar-refractivity contribution in [2.45, 2.75) is 23.4 Å². The molecule has 1 heterocycles. The van der Waals surface area contributed by atoms with E-state index in [1.54, 1.807) is 42.5 Å². The van der Waals surface area contributed by atoms with Crippen LogP contribution in [0.3, 0.4) is 0 Å². The van der Waals surface area contributed by atoms with Crippen molar-refractivity contribution in [2.75, 3.05) is 10.6 Å². The van der Waals surface area contributed by atoms with Gasteiger partial charge < -0.3 is 10.6 Å². The lowest BCUT2D eigenvalue weighted by Gasteiger charge is -2.05. The topological polar surface area (TPSA) is 84.0 Å². The SMILES string of the molecule is CC(=O)Nc1ccc(CC(=O)Nc2nnc(SCc3c(Cl)cccc3Cl)s2)cc1. The summed E-state index contributed by atoms with van der Waals surface area (Å²) in [5, 5.41) is 15.2. The van der Waals surface area contributed by atoms with Crippen molar-refractivity contribution in [1.82, 2.24) is 10.2 Å². The summed E-state index contributed by atoms with van der Waals surface area (Å²) in [6, 6.07) is 12.5. The Bertz CT molecular complexity index is 1010. The maximum absolute atomic E-state index is 12.2. The zero-order valence-electron chi connectivity index (χ0n) is 15.2. The largest absolute Gasteiger partial charge is 0.326 e. The number of halogens is 2. The molecule has 6 nitrogen and oxygen atoms in total. The van der Waals surface area contributed by atoms with E-state index in [9.17, 15) is 9.59 Å². The van der Waals surface area contributed by atoms with Gasteiger partial charge in [-0.15, -0.1) is 10.2 Å². The number of nitrogens with zero attached hydrogens (tertiary/aromatic N) is 2. The Balaban J connectivity index is 1.53. The lowest BCUT2D eigenvalue weighted by atomic mass is 10.1. The minimum atomic E-state index is -0.195. The van der Waals surface area contributed by atoms with Gasteiger partial charge in [-0.2, -0.15) is 0 Å². The van der Waals surface area contributed by atoms with E-state index < -0.39 is 0 Å². The molecular formula is C19H16Cl2N4O2S2. The third kappa shape index (κ3) is 6.43. The average Bonchev–Trinajstić information content (AvgIpc) is 3.09. The molecule has 0 saturated carbocycles. The monoisotopic (exact) mass is 466 g/mol. The van der Waals surface area contributed by atoms with Crippen molar-refractivity contribution in [3.8, 4) is 0 Å². The van der Waals surface area contributed by atoms with Crippen LogP contribution in [-0.4, -0.2) is 22.0 Å². The smallest absolute Gasteiger partial charge is 0.230 e. The molecule has 0 aliphatic rings. The number of amides is 2. The second-order valence-electron chi connectivity index (χ2n) is 5.97. The highest BCUT2D eigenvalue weighted by Crippen LogP contribution is 2.33. The van der Waals surface area contributed by atoms with Crippen LogP contribution in [0.5, 0.6) is 0 Å². The van der Waals surface area contributed by atoms with Crippen molar-refractivity contribution >= 4 is 68.9 Å². The Kier molecular flexibility index (Phi) is 7.49. The quantitative estimate of drug-likeness (QED) is 0.365. The number of hydrogen-bond donors (Lipinski definition) is 2. The molecule has 0 fully saturated rings. The maximum Gasteiger partial charge on any atom is 0.230 e. The Morgan fingerprint density at radius 2 is 1.72 bits per heavy atom. The van der Waals surface area contributed by atoms with Crippen molar-refractivity contribution < 1.29 is 9.59 Å². The Hall–Kier alpha value is -2.13. The van der Waals surface area contributed by atoms with Crippen molar-refractivity contribution in [3.63, 3.8) is 0 Å². The molecule has 0 unspecified atom stereocenters. The number of benzene rings is 2. The molecule has 0 radical (unpaired) electrons. The summed E-state index contributed by atoms with van der Waals surface area (Å²) in [7, 11) is 0. The normalized spacial score (nSPS) is 10.6. The first-order chi connectivity index (χ1) is 13.9. The zero-order valence-corrected chi connectivity index (χ0v) is 18.4. The average molecular weight is 467 g/mol. The van der Waals surface area contributed by atoms with E-state index in [0.717, 1.165) is 11.1 Å². The highest BCUT2D eigenvalue weighted by atomic mass is 35.5. The van der Waals surface area contributed by atoms with Gasteiger partial charge in [0.2, 0.25) is 16.9 Å². The van der Waals surface area contributed by atoms with Crippen molar-refractivity contribution in [3.05, 3.63) is 63.6 Å². The molecule has 29 heavy (non-hydrogen) atoms. The fourth-order valence-electron chi connectivity index (χ4n) is 2.38. The lowest BCUT2D eigenvalue weighted by molar-refractivity contribution is -0.116. The molecule has 0 aliphatic carbocycles. The molecule has 2 amide bonds. The zero-order chi connectivity index (χ0) is 20.8. The van der Waals surface area contributed by atoms with E-state index >= 15 is 0 Å². The van der Waals surface area contributed by atoms with Crippen LogP contribution in [0.1, 0.15) is 18.1 Å². The maximum atomic E-state index is 12.2. The molecule has 0 bridgehead atoms. The highest BCUT2D eigenvalue weighted by molar-refractivity contribution is 8.00. The number of carbonyl (C=O) groups excluding carboxylic acids is 2. The van der Waals surface area contributed by atoms with Gasteiger partial charge >= 0.3 is 0 Å². The van der Waals surface area contributed by atoms with E-state index in [4.69, 9.17) is 23.2 Å². The summed E-state index contributed by atoms with van der Waals surface area (Å²) >= 11 is 15.1. The van der Waals surface area contributed by atoms with Gasteiger partial charge in [-0.05, 0) is 35.4 Å². The summed E-state index contributed by atoms with van der Waals surface area (Å²) in [6.45, 7) is 1.44. The molecule has 0 saturated heterocycles. The van der Waals surface area contributed by atoms with Gasteiger partial charge in [-0.1, -0.05) is 64.5 Å². The summed E-state index contributed by atoms with van der Waals surface area (Å²) in [4.78, 5) is 23.3. The van der Waals surface area contributed by atoms with Gasteiger partial charge in [0.15, 0.2) is 4.34 Å². The predicted molar refractivity (Wildman–Crippen MR) is 119 cm³/mol. The van der Waals surface area contributed by atoms with Crippen LogP contribution in [0.4, 0.5) is 10.8 Å². The molecule has 0 aliphatic heterocycles. The van der Waals surface area contributed by atoms with Gasteiger partial charge in [0.1, 0.15) is 0 Å². The van der Waals surface area contributed by atoms with Crippen LogP contribution in [0.15, 0.2) is 46.8 Å². The summed E-state index contributed by atoms with van der Waals surface area (Å²) < 4.78 is 0.705. The highest BCUT2D eigenvalue weighted by Gasteiger charge is 2.12. The number of anilines is 2. The van der Waals surface area contributed by atoms with Gasteiger partial charge in [0.25, 0.3) is 0 Å². The molecule has 3 rings (SSSR count). The minimum Gasteiger partial charge on any atom is -0.326 e. The van der Waals surface area contributed by atoms with E-state index in [1.165, 1.54) is 30.0 Å². The molecule has 3 aromatic rings. The number of hydrogen-bond acceptors (Lipinski definition) is 6. The number of rotatable bonds is 7. The molecule has 0 atom stereocenters. The number of thioether (sulfide) groups is 1. The van der Waals surface area contributed by atoms with Crippen molar-refractivity contribution in [1.29, 1.82) is 0 Å². The second-order valence-corrected chi connectivity index (χ2v) is 8.98. The van der Waals surface area contributed by atoms with Crippen LogP contribution in [0, 0.1) is 0 Å². The summed E-state index contributed by atoms with van der Waals surface area (Å²) in [5.41, 5.74) is 2.35. The minimum absolute atomic E-state index is 0.141. The standard InChI is InChI=1S/C19H16Cl2N4O2S2/c1-11(26)22-13-7-5-12(6-8-13)9-17(27)23-18-24-25-19(29-18)28-10-14-15(20)3-2-4-16(14)21/h2-8H,9-10H2,1H3,(H,22,26)(H,23,24,27). The van der Waals surface area contributed by atoms with Gasteiger partial charge in [-0.25, -0.2) is 0 Å². The number of carbonyl (C=O) groups is 2. The lowest BCUT2D eigenvalue weighted by Crippen LogP contribution is -2.14. The van der Waals surface area contributed by atoms with Crippen LogP contribution in [0.25, 0.3) is 0 Å². The van der Waals surface area contributed by atoms with E-state index in [2.05, 4.69) is 20.8 Å². The Morgan fingerprint density at radius 1 is 1.03 bits per heavy atom. The summed E-state index contributed by atoms with van der Waals surface area (Å²) in [6.07, 6.45) is 0.192. The third-order valence-corrected chi connectivity index (χ3v) is 6.40. The molecule has 2 N–H and O–H groups in total. The number of nitrogens with one attached hydrogen (secondary N) is 2. The van der Waals surface area contributed by atoms with Crippen molar-refractivity contribution in [2.24, 2.45) is 0 Å². The van der Waals surface area contributed by atoms with Gasteiger partial charge in [-0.3, -0.25) is 9.59 Å². The molecule has 150 valence electrons. The third-order valence-electron chi connectivity index (χ3n) is 3.69. The van der Waals surface area contributed by atoms with E-state index in [1.807, 2.05) is 0 Å². The van der Waals surface area contributed by atoms with Crippen LogP contribution in [-0.2, 0) is 21.8 Å². The van der Waals surface area contributed by atoms with Crippen LogP contribution >= 0.6 is 46.3 Å². The van der Waals surface area contributed by atoms with Gasteiger partial charge in [0.05, 0.1) is 6.42 Å². The molecule has 1 aromatic heterocycles. The second kappa shape index (κ2) is 10.1. The first-order valence-corrected chi connectivity index (χ1v) is 11.0. The summed E-state index contributed by atoms with van der Waals surface area (Å²) in [5.74, 6) is 0.221. The Labute approximate surface area is 186 Å². The Morgan fingerprint density at radius 3 is 2.38 bits per heavy atom. The molecule has 10 heteroatoms. The predicted octanol–water partition coefficient (Wildman–Crippen LogP) is 5.28. The van der Waals surface area contributed by atoms with E-state index in [0.29, 0.717) is 31.0 Å². The van der Waals surface area contributed by atoms with E-state index in [-0.39, 0.29) is 18.2 Å². The molecule has 0 spiro atoms. The molecule has 2 aromatic carbocycles. The van der Waals surface area contributed by atoms with Gasteiger partial charge in [0, 0.05) is 28.4 Å². The fourth-order valence-corrected chi connectivity index (χ4v) is 4.89. The number of aromatic nitrogens is 2. The van der Waals surface area contributed by atoms with Crippen LogP contribution < -0.4 is 10.6 Å². The fraction of sp³-hybridized carbons (Fsp3) is 0.158. The molecular weight excluding hydrogens is 451 g/mol.